The van der Waals surface area contributed by atoms with E-state index in [-0.39, 0.29) is 18.1 Å². The molecule has 30 heavy (non-hydrogen) atoms. The van der Waals surface area contributed by atoms with Gasteiger partial charge in [-0.15, -0.1) is 0 Å². The van der Waals surface area contributed by atoms with Crippen LogP contribution in [0.1, 0.15) is 16.7 Å². The normalized spacial score (nSPS) is 11.1. The lowest BCUT2D eigenvalue weighted by Crippen LogP contribution is -2.19. The summed E-state index contributed by atoms with van der Waals surface area (Å²) in [5.74, 6) is 0.308. The van der Waals surface area contributed by atoms with Crippen LogP contribution in [0.15, 0.2) is 78.2 Å². The molecule has 7 nitrogen and oxygen atoms in total. The molecule has 3 aromatic carbocycles. The number of hydrogen-bond donors (Lipinski definition) is 3. The summed E-state index contributed by atoms with van der Waals surface area (Å²) in [6, 6.07) is 20.3. The monoisotopic (exact) mass is 400 g/mol. The molecule has 0 saturated carbocycles. The largest absolute Gasteiger partial charge is 0.507 e. The van der Waals surface area contributed by atoms with Crippen molar-refractivity contribution in [1.29, 1.82) is 0 Å². The molecule has 0 saturated heterocycles. The van der Waals surface area contributed by atoms with Crippen LogP contribution in [-0.4, -0.2) is 27.2 Å². The molecule has 150 valence electrons. The number of hydrazone groups is 1. The second kappa shape index (κ2) is 8.91. The third kappa shape index (κ3) is 4.82. The maximum atomic E-state index is 12.1. The first-order valence-electron chi connectivity index (χ1n) is 9.41. The minimum atomic E-state index is -0.257. The van der Waals surface area contributed by atoms with E-state index >= 15 is 0 Å². The average Bonchev–Trinajstić information content (AvgIpc) is 3.22. The molecule has 1 heterocycles. The Labute approximate surface area is 173 Å². The quantitative estimate of drug-likeness (QED) is 0.326. The number of nitrogens with one attached hydrogen (secondary N) is 2. The van der Waals surface area contributed by atoms with E-state index in [0.717, 1.165) is 22.2 Å². The van der Waals surface area contributed by atoms with Gasteiger partial charge in [0.1, 0.15) is 18.1 Å². The number of H-pyrrole nitrogens is 1. The van der Waals surface area contributed by atoms with Crippen molar-refractivity contribution in [1.82, 2.24) is 15.4 Å². The summed E-state index contributed by atoms with van der Waals surface area (Å²) in [5, 5.41) is 14.1. The van der Waals surface area contributed by atoms with Crippen molar-refractivity contribution in [2.75, 3.05) is 0 Å². The number of carbonyl (C=O) groups is 1. The van der Waals surface area contributed by atoms with Gasteiger partial charge in [-0.2, -0.15) is 5.10 Å². The Balaban J connectivity index is 1.31. The number of phenols is 1. The summed E-state index contributed by atoms with van der Waals surface area (Å²) in [5.41, 5.74) is 6.56. The van der Waals surface area contributed by atoms with Crippen LogP contribution in [0.5, 0.6) is 11.5 Å². The van der Waals surface area contributed by atoms with E-state index in [1.165, 1.54) is 12.3 Å². The number of phenolic OH excluding ortho intramolecular Hbond substituents is 1. The van der Waals surface area contributed by atoms with Gasteiger partial charge in [0.15, 0.2) is 0 Å². The second-order valence-corrected chi connectivity index (χ2v) is 6.72. The van der Waals surface area contributed by atoms with Crippen LogP contribution in [-0.2, 0) is 17.8 Å². The van der Waals surface area contributed by atoms with E-state index in [1.807, 2.05) is 48.5 Å². The summed E-state index contributed by atoms with van der Waals surface area (Å²) in [7, 11) is 0. The van der Waals surface area contributed by atoms with Gasteiger partial charge < -0.3 is 14.8 Å². The molecular weight excluding hydrogens is 380 g/mol. The predicted molar refractivity (Wildman–Crippen MR) is 114 cm³/mol. The highest BCUT2D eigenvalue weighted by molar-refractivity contribution is 5.86. The van der Waals surface area contributed by atoms with Crippen LogP contribution < -0.4 is 10.2 Å². The van der Waals surface area contributed by atoms with Crippen molar-refractivity contribution >= 4 is 23.2 Å². The molecule has 4 rings (SSSR count). The van der Waals surface area contributed by atoms with Gasteiger partial charge in [0.05, 0.1) is 30.0 Å². The van der Waals surface area contributed by atoms with Crippen molar-refractivity contribution in [3.8, 4) is 11.5 Å². The van der Waals surface area contributed by atoms with Crippen molar-refractivity contribution in [2.24, 2.45) is 5.10 Å². The highest BCUT2D eigenvalue weighted by atomic mass is 16.5. The number of aromatic nitrogens is 2. The van der Waals surface area contributed by atoms with Crippen LogP contribution in [0.3, 0.4) is 0 Å². The number of fused-ring (bicyclic) bond motifs is 1. The SMILES string of the molecule is O=C(Cc1ccc2nc[nH]c2c1)N/N=C/c1ccc(OCc2ccccc2)cc1O. The molecule has 0 aliphatic rings. The smallest absolute Gasteiger partial charge is 0.244 e. The fourth-order valence-electron chi connectivity index (χ4n) is 2.95. The average molecular weight is 400 g/mol. The molecule has 0 unspecified atom stereocenters. The Kier molecular flexibility index (Phi) is 5.70. The molecule has 0 spiro atoms. The first-order chi connectivity index (χ1) is 14.7. The molecule has 7 heteroatoms. The summed E-state index contributed by atoms with van der Waals surface area (Å²) < 4.78 is 5.68. The number of rotatable bonds is 7. The maximum Gasteiger partial charge on any atom is 0.244 e. The number of nitrogens with zero attached hydrogens (tertiary/aromatic N) is 2. The summed E-state index contributed by atoms with van der Waals surface area (Å²) in [6.07, 6.45) is 3.19. The van der Waals surface area contributed by atoms with Crippen LogP contribution in [0.2, 0.25) is 0 Å². The lowest BCUT2D eigenvalue weighted by atomic mass is 10.1. The van der Waals surface area contributed by atoms with E-state index in [4.69, 9.17) is 4.74 Å². The Morgan fingerprint density at radius 3 is 2.80 bits per heavy atom. The molecule has 0 aliphatic carbocycles. The molecule has 0 fully saturated rings. The predicted octanol–water partition coefficient (Wildman–Crippen LogP) is 3.54. The van der Waals surface area contributed by atoms with Crippen molar-refractivity contribution in [2.45, 2.75) is 13.0 Å². The first-order valence-corrected chi connectivity index (χ1v) is 9.41. The molecule has 0 atom stereocenters. The zero-order valence-electron chi connectivity index (χ0n) is 16.1. The number of aromatic amines is 1. The van der Waals surface area contributed by atoms with Crippen molar-refractivity contribution in [3.63, 3.8) is 0 Å². The number of amides is 1. The van der Waals surface area contributed by atoms with Gasteiger partial charge in [-0.3, -0.25) is 4.79 Å². The minimum absolute atomic E-state index is 0.0169. The Morgan fingerprint density at radius 1 is 1.10 bits per heavy atom. The van der Waals surface area contributed by atoms with Gasteiger partial charge in [0, 0.05) is 11.6 Å². The van der Waals surface area contributed by atoms with Crippen molar-refractivity contribution in [3.05, 3.63) is 89.7 Å². The van der Waals surface area contributed by atoms with Gasteiger partial charge in [-0.25, -0.2) is 10.4 Å². The van der Waals surface area contributed by atoms with E-state index in [1.54, 1.807) is 18.5 Å². The number of ether oxygens (including phenoxy) is 1. The highest BCUT2D eigenvalue weighted by Crippen LogP contribution is 2.23. The lowest BCUT2D eigenvalue weighted by Gasteiger charge is -2.08. The second-order valence-electron chi connectivity index (χ2n) is 6.72. The number of imidazole rings is 1. The standard InChI is InChI=1S/C23H20N4O3/c28-22-12-19(30-14-16-4-2-1-3-5-16)8-7-18(22)13-26-27-23(29)11-17-6-9-20-21(10-17)25-15-24-20/h1-10,12-13,15,28H,11,14H2,(H,24,25)(H,27,29)/b26-13+. The van der Waals surface area contributed by atoms with Crippen LogP contribution in [0.25, 0.3) is 11.0 Å². The first kappa shape index (κ1) is 19.2. The molecule has 1 aromatic heterocycles. The van der Waals surface area contributed by atoms with Gasteiger partial charge in [-0.1, -0.05) is 36.4 Å². The number of hydrogen-bond acceptors (Lipinski definition) is 5. The van der Waals surface area contributed by atoms with E-state index < -0.39 is 0 Å². The molecule has 0 radical (unpaired) electrons. The number of aromatic hydroxyl groups is 1. The van der Waals surface area contributed by atoms with Crippen LogP contribution in [0.4, 0.5) is 0 Å². The highest BCUT2D eigenvalue weighted by Gasteiger charge is 2.05. The molecule has 1 amide bonds. The lowest BCUT2D eigenvalue weighted by molar-refractivity contribution is -0.120. The third-order valence-electron chi connectivity index (χ3n) is 4.49. The number of benzene rings is 3. The molecule has 4 aromatic rings. The van der Waals surface area contributed by atoms with Gasteiger partial charge in [0.2, 0.25) is 5.91 Å². The van der Waals surface area contributed by atoms with Crippen LogP contribution in [0, 0.1) is 0 Å². The Morgan fingerprint density at radius 2 is 1.97 bits per heavy atom. The molecule has 0 bridgehead atoms. The van der Waals surface area contributed by atoms with E-state index in [2.05, 4.69) is 20.5 Å². The Bertz CT molecular complexity index is 1190. The van der Waals surface area contributed by atoms with E-state index in [9.17, 15) is 9.90 Å². The maximum absolute atomic E-state index is 12.1. The molecule has 3 N–H and O–H groups in total. The molecule has 0 aliphatic heterocycles. The van der Waals surface area contributed by atoms with Gasteiger partial charge >= 0.3 is 0 Å². The minimum Gasteiger partial charge on any atom is -0.507 e. The zero-order chi connectivity index (χ0) is 20.8. The fourth-order valence-corrected chi connectivity index (χ4v) is 2.95. The van der Waals surface area contributed by atoms with E-state index in [0.29, 0.717) is 17.9 Å². The van der Waals surface area contributed by atoms with Gasteiger partial charge in [-0.05, 0) is 35.4 Å². The zero-order valence-corrected chi connectivity index (χ0v) is 16.1. The summed E-state index contributed by atoms with van der Waals surface area (Å²) >= 11 is 0. The Hall–Kier alpha value is -4.13. The van der Waals surface area contributed by atoms with Gasteiger partial charge in [0.25, 0.3) is 0 Å². The molecular formula is C23H20N4O3. The summed E-state index contributed by atoms with van der Waals surface area (Å²) in [4.78, 5) is 19.3. The summed E-state index contributed by atoms with van der Waals surface area (Å²) in [6.45, 7) is 0.411. The fraction of sp³-hybridized carbons (Fsp3) is 0.0870. The van der Waals surface area contributed by atoms with Crippen molar-refractivity contribution < 1.29 is 14.6 Å². The topological polar surface area (TPSA) is 99.6 Å². The van der Waals surface area contributed by atoms with Crippen LogP contribution >= 0.6 is 0 Å². The number of carbonyl (C=O) groups excluding carboxylic acids is 1. The third-order valence-corrected chi connectivity index (χ3v) is 4.49.